The van der Waals surface area contributed by atoms with Crippen LogP contribution in [0.25, 0.3) is 0 Å². The Balaban J connectivity index is 2.25. The van der Waals surface area contributed by atoms with E-state index >= 15 is 0 Å². The van der Waals surface area contributed by atoms with Crippen LogP contribution in [-0.4, -0.2) is 26.3 Å². The predicted octanol–water partition coefficient (Wildman–Crippen LogP) is 1.58. The van der Waals surface area contributed by atoms with Crippen LogP contribution < -0.4 is 15.2 Å². The Bertz CT molecular complexity index is 471. The van der Waals surface area contributed by atoms with Crippen LogP contribution in [0.2, 0.25) is 0 Å². The highest BCUT2D eigenvalue weighted by molar-refractivity contribution is 5.71. The van der Waals surface area contributed by atoms with Crippen molar-refractivity contribution in [2.24, 2.45) is 5.73 Å². The van der Waals surface area contributed by atoms with E-state index in [1.807, 2.05) is 18.2 Å². The molecule has 1 heterocycles. The fraction of sp³-hybridized carbons (Fsp3) is 0.500. The minimum Gasteiger partial charge on any atom is -0.490 e. The van der Waals surface area contributed by atoms with Crippen LogP contribution in [0.3, 0.4) is 0 Å². The van der Waals surface area contributed by atoms with Gasteiger partial charge >= 0.3 is 5.97 Å². The Morgan fingerprint density at radius 3 is 2.74 bits per heavy atom. The lowest BCUT2D eigenvalue weighted by Crippen LogP contribution is -2.36. The average Bonchev–Trinajstić information content (AvgIpc) is 2.62. The van der Waals surface area contributed by atoms with Crippen molar-refractivity contribution >= 4 is 5.97 Å². The van der Waals surface area contributed by atoms with Crippen LogP contribution in [0.15, 0.2) is 18.2 Å². The summed E-state index contributed by atoms with van der Waals surface area (Å²) in [6.45, 7) is 3.06. The smallest absolute Gasteiger partial charge is 0.307 e. The molecule has 0 fully saturated rings. The molecule has 5 heteroatoms. The zero-order valence-corrected chi connectivity index (χ0v) is 11.3. The van der Waals surface area contributed by atoms with Crippen LogP contribution in [0, 0.1) is 0 Å². The van der Waals surface area contributed by atoms with Crippen molar-refractivity contribution in [1.82, 2.24) is 0 Å². The molecular formula is C14H19NO4. The Morgan fingerprint density at radius 2 is 2.05 bits per heavy atom. The van der Waals surface area contributed by atoms with Gasteiger partial charge < -0.3 is 19.9 Å². The van der Waals surface area contributed by atoms with Crippen molar-refractivity contribution in [1.29, 1.82) is 0 Å². The van der Waals surface area contributed by atoms with Gasteiger partial charge in [-0.25, -0.2) is 0 Å². The molecule has 0 saturated carbocycles. The molecule has 0 bridgehead atoms. The van der Waals surface area contributed by atoms with Crippen LogP contribution >= 0.6 is 0 Å². The van der Waals surface area contributed by atoms with E-state index in [0.717, 1.165) is 17.7 Å². The summed E-state index contributed by atoms with van der Waals surface area (Å²) >= 11 is 0. The predicted molar refractivity (Wildman–Crippen MR) is 70.2 cm³/mol. The molecule has 0 spiro atoms. The van der Waals surface area contributed by atoms with Gasteiger partial charge in [0.15, 0.2) is 11.5 Å². The van der Waals surface area contributed by atoms with Gasteiger partial charge in [-0.3, -0.25) is 4.79 Å². The number of fused-ring (bicyclic) bond motifs is 1. The number of carbonyl (C=O) groups excluding carboxylic acids is 1. The first-order valence-corrected chi connectivity index (χ1v) is 6.29. The summed E-state index contributed by atoms with van der Waals surface area (Å²) in [7, 11) is 1.35. The molecular weight excluding hydrogens is 246 g/mol. The topological polar surface area (TPSA) is 70.8 Å². The van der Waals surface area contributed by atoms with Gasteiger partial charge in [-0.15, -0.1) is 0 Å². The van der Waals surface area contributed by atoms with Crippen molar-refractivity contribution in [2.75, 3.05) is 20.3 Å². The van der Waals surface area contributed by atoms with E-state index in [2.05, 4.69) is 4.74 Å². The highest BCUT2D eigenvalue weighted by atomic mass is 16.5. The van der Waals surface area contributed by atoms with Crippen molar-refractivity contribution in [3.63, 3.8) is 0 Å². The maximum absolute atomic E-state index is 11.4. The number of carbonyl (C=O) groups is 1. The molecule has 5 nitrogen and oxygen atoms in total. The normalized spacial score (nSPS) is 17.2. The zero-order chi connectivity index (χ0) is 13.9. The first kappa shape index (κ1) is 13.7. The van der Waals surface area contributed by atoms with Crippen molar-refractivity contribution < 1.29 is 19.0 Å². The van der Waals surface area contributed by atoms with Gasteiger partial charge in [-0.1, -0.05) is 6.07 Å². The van der Waals surface area contributed by atoms with Crippen molar-refractivity contribution in [2.45, 2.75) is 25.3 Å². The summed E-state index contributed by atoms with van der Waals surface area (Å²) in [5.41, 5.74) is 6.22. The number of esters is 1. The molecule has 1 aliphatic heterocycles. The van der Waals surface area contributed by atoms with E-state index < -0.39 is 5.54 Å². The second-order valence-electron chi connectivity index (χ2n) is 4.88. The summed E-state index contributed by atoms with van der Waals surface area (Å²) < 4.78 is 15.8. The number of hydrogen-bond acceptors (Lipinski definition) is 5. The van der Waals surface area contributed by atoms with E-state index in [1.54, 1.807) is 6.92 Å². The number of hydrogen-bond donors (Lipinski definition) is 1. The fourth-order valence-electron chi connectivity index (χ4n) is 1.99. The first-order chi connectivity index (χ1) is 9.03. The second-order valence-corrected chi connectivity index (χ2v) is 4.88. The zero-order valence-electron chi connectivity index (χ0n) is 11.3. The third-order valence-electron chi connectivity index (χ3n) is 3.15. The van der Waals surface area contributed by atoms with Crippen LogP contribution in [-0.2, 0) is 15.1 Å². The summed E-state index contributed by atoms with van der Waals surface area (Å²) in [5.74, 6) is 1.06. The van der Waals surface area contributed by atoms with Gasteiger partial charge in [0.05, 0.1) is 26.7 Å². The Labute approximate surface area is 112 Å². The van der Waals surface area contributed by atoms with Gasteiger partial charge in [-0.2, -0.15) is 0 Å². The molecule has 0 aromatic heterocycles. The molecule has 2 rings (SSSR count). The quantitative estimate of drug-likeness (QED) is 0.840. The first-order valence-electron chi connectivity index (χ1n) is 6.29. The van der Waals surface area contributed by atoms with Crippen LogP contribution in [0.4, 0.5) is 0 Å². The maximum atomic E-state index is 11.4. The molecule has 19 heavy (non-hydrogen) atoms. The minimum atomic E-state index is -0.794. The summed E-state index contributed by atoms with van der Waals surface area (Å²) in [6, 6.07) is 5.53. The molecule has 1 atom stereocenters. The number of ether oxygens (including phenoxy) is 3. The molecule has 0 radical (unpaired) electrons. The molecule has 2 N–H and O–H groups in total. The molecule has 0 amide bonds. The largest absolute Gasteiger partial charge is 0.490 e. The Morgan fingerprint density at radius 1 is 1.37 bits per heavy atom. The SMILES string of the molecule is COC(=O)CC(C)(N)c1ccc2c(c1)OCCCO2. The summed E-state index contributed by atoms with van der Waals surface area (Å²) in [5, 5.41) is 0. The standard InChI is InChI=1S/C14H19NO4/c1-14(15,9-13(16)17-2)10-4-5-11-12(8-10)19-7-3-6-18-11/h4-5,8H,3,6-7,9,15H2,1-2H3. The van der Waals surface area contributed by atoms with E-state index in [9.17, 15) is 4.79 Å². The summed E-state index contributed by atoms with van der Waals surface area (Å²) in [4.78, 5) is 11.4. The lowest BCUT2D eigenvalue weighted by molar-refractivity contribution is -0.141. The molecule has 1 aromatic carbocycles. The van der Waals surface area contributed by atoms with Crippen molar-refractivity contribution in [3.05, 3.63) is 23.8 Å². The Hall–Kier alpha value is -1.75. The van der Waals surface area contributed by atoms with Gasteiger partial charge in [-0.05, 0) is 24.6 Å². The molecule has 104 valence electrons. The lowest BCUT2D eigenvalue weighted by atomic mass is 9.89. The maximum Gasteiger partial charge on any atom is 0.307 e. The number of benzene rings is 1. The van der Waals surface area contributed by atoms with E-state index in [1.165, 1.54) is 7.11 Å². The molecule has 1 aliphatic rings. The molecule has 0 aliphatic carbocycles. The molecule has 1 aromatic rings. The van der Waals surface area contributed by atoms with Gasteiger partial charge in [0.1, 0.15) is 0 Å². The number of rotatable bonds is 3. The van der Waals surface area contributed by atoms with Gasteiger partial charge in [0, 0.05) is 12.0 Å². The van der Waals surface area contributed by atoms with Gasteiger partial charge in [0.25, 0.3) is 0 Å². The third-order valence-corrected chi connectivity index (χ3v) is 3.15. The Kier molecular flexibility index (Phi) is 3.95. The second kappa shape index (κ2) is 5.48. The fourth-order valence-corrected chi connectivity index (χ4v) is 1.99. The third kappa shape index (κ3) is 3.17. The number of methoxy groups -OCH3 is 1. The van der Waals surface area contributed by atoms with E-state index in [-0.39, 0.29) is 12.4 Å². The average molecular weight is 265 g/mol. The minimum absolute atomic E-state index is 0.114. The van der Waals surface area contributed by atoms with E-state index in [0.29, 0.717) is 19.0 Å². The van der Waals surface area contributed by atoms with E-state index in [4.69, 9.17) is 15.2 Å². The van der Waals surface area contributed by atoms with Crippen LogP contribution in [0.1, 0.15) is 25.3 Å². The highest BCUT2D eigenvalue weighted by Gasteiger charge is 2.27. The number of nitrogens with two attached hydrogens (primary N) is 1. The van der Waals surface area contributed by atoms with Crippen LogP contribution in [0.5, 0.6) is 11.5 Å². The van der Waals surface area contributed by atoms with Crippen molar-refractivity contribution in [3.8, 4) is 11.5 Å². The van der Waals surface area contributed by atoms with Gasteiger partial charge in [0.2, 0.25) is 0 Å². The highest BCUT2D eigenvalue weighted by Crippen LogP contribution is 2.34. The molecule has 0 saturated heterocycles. The molecule has 1 unspecified atom stereocenters. The summed E-state index contributed by atoms with van der Waals surface area (Å²) in [6.07, 6.45) is 0.967. The lowest BCUT2D eigenvalue weighted by Gasteiger charge is -2.24. The monoisotopic (exact) mass is 265 g/mol.